The highest BCUT2D eigenvalue weighted by Gasteiger charge is 2.43. The molecule has 3 aliphatic heterocycles. The molecule has 2 aromatic carbocycles. The normalized spacial score (nSPS) is 19.7. The van der Waals surface area contributed by atoms with Crippen LogP contribution in [0.4, 0.5) is 0 Å². The Balaban J connectivity index is 1.17. The fraction of sp³-hybridized carbons (Fsp3) is 0.400. The zero-order valence-corrected chi connectivity index (χ0v) is 23.5. The standard InChI is InChI=1S/C30H32N4O8/c1-19(33-27(37)21-7-3-4-8-22(21)28(33)38)25(35)31-11-15-41-17-13-32(14-18-42-16-12-31)26(36)20(2)34-29(39)23-9-5-6-10-24(23)30(34)40/h3-10,19-20H,11-18H2,1-2H3. The maximum atomic E-state index is 13.4. The number of carbonyl (C=O) groups excluding carboxylic acids is 6. The Morgan fingerprint density at radius 3 is 1.07 bits per heavy atom. The first-order chi connectivity index (χ1) is 20.2. The van der Waals surface area contributed by atoms with Gasteiger partial charge in [-0.15, -0.1) is 0 Å². The first-order valence-corrected chi connectivity index (χ1v) is 13.9. The van der Waals surface area contributed by atoms with E-state index in [1.54, 1.807) is 48.5 Å². The molecular formula is C30H32N4O8. The summed E-state index contributed by atoms with van der Waals surface area (Å²) in [4.78, 5) is 83.2. The minimum absolute atomic E-state index is 0.149. The highest BCUT2D eigenvalue weighted by Crippen LogP contribution is 2.26. The lowest BCUT2D eigenvalue weighted by Crippen LogP contribution is -2.52. The van der Waals surface area contributed by atoms with E-state index in [2.05, 4.69) is 0 Å². The number of nitrogens with zero attached hydrogens (tertiary/aromatic N) is 4. The lowest BCUT2D eigenvalue weighted by Gasteiger charge is -2.31. The summed E-state index contributed by atoms with van der Waals surface area (Å²) in [6.07, 6.45) is 0. The van der Waals surface area contributed by atoms with Crippen LogP contribution in [-0.2, 0) is 19.1 Å². The number of rotatable bonds is 4. The molecule has 3 heterocycles. The first kappa shape index (κ1) is 29.1. The molecule has 0 saturated carbocycles. The molecule has 0 aromatic heterocycles. The van der Waals surface area contributed by atoms with Gasteiger partial charge in [-0.25, -0.2) is 0 Å². The van der Waals surface area contributed by atoms with Crippen molar-refractivity contribution in [2.45, 2.75) is 25.9 Å². The molecule has 2 aromatic rings. The van der Waals surface area contributed by atoms with Gasteiger partial charge in [-0.05, 0) is 38.1 Å². The second-order valence-corrected chi connectivity index (χ2v) is 10.3. The molecule has 1 fully saturated rings. The van der Waals surface area contributed by atoms with Gasteiger partial charge >= 0.3 is 0 Å². The highest BCUT2D eigenvalue weighted by molar-refractivity contribution is 6.23. The summed E-state index contributed by atoms with van der Waals surface area (Å²) in [6.45, 7) is 4.41. The predicted octanol–water partition coefficient (Wildman–Crippen LogP) is 1.06. The fourth-order valence-corrected chi connectivity index (χ4v) is 5.44. The zero-order valence-electron chi connectivity index (χ0n) is 23.5. The van der Waals surface area contributed by atoms with Crippen LogP contribution < -0.4 is 0 Å². The van der Waals surface area contributed by atoms with E-state index >= 15 is 0 Å². The van der Waals surface area contributed by atoms with Crippen LogP contribution in [0.15, 0.2) is 48.5 Å². The van der Waals surface area contributed by atoms with Gasteiger partial charge in [-0.2, -0.15) is 0 Å². The van der Waals surface area contributed by atoms with Crippen molar-refractivity contribution in [2.75, 3.05) is 52.6 Å². The molecule has 0 spiro atoms. The number of imide groups is 2. The van der Waals surface area contributed by atoms with Gasteiger partial charge in [0.1, 0.15) is 12.1 Å². The van der Waals surface area contributed by atoms with Gasteiger partial charge in [0.15, 0.2) is 0 Å². The lowest BCUT2D eigenvalue weighted by molar-refractivity contribution is -0.138. The molecule has 42 heavy (non-hydrogen) atoms. The minimum Gasteiger partial charge on any atom is -0.378 e. The molecule has 0 N–H and O–H groups in total. The Morgan fingerprint density at radius 2 is 0.810 bits per heavy atom. The number of benzene rings is 2. The van der Waals surface area contributed by atoms with Gasteiger partial charge in [0.05, 0.1) is 48.7 Å². The van der Waals surface area contributed by atoms with Crippen LogP contribution in [0.25, 0.3) is 0 Å². The molecule has 0 aliphatic carbocycles. The second-order valence-electron chi connectivity index (χ2n) is 10.3. The van der Waals surface area contributed by atoms with Crippen molar-refractivity contribution < 1.29 is 38.2 Å². The number of amides is 6. The summed E-state index contributed by atoms with van der Waals surface area (Å²) in [5, 5.41) is 0. The monoisotopic (exact) mass is 576 g/mol. The third-order valence-corrected chi connectivity index (χ3v) is 7.79. The fourth-order valence-electron chi connectivity index (χ4n) is 5.44. The van der Waals surface area contributed by atoms with Gasteiger partial charge in [-0.1, -0.05) is 24.3 Å². The number of hydrogen-bond donors (Lipinski definition) is 0. The number of carbonyl (C=O) groups is 6. The van der Waals surface area contributed by atoms with Crippen LogP contribution >= 0.6 is 0 Å². The van der Waals surface area contributed by atoms with E-state index in [1.165, 1.54) is 23.6 Å². The van der Waals surface area contributed by atoms with E-state index in [1.807, 2.05) is 0 Å². The van der Waals surface area contributed by atoms with Crippen molar-refractivity contribution in [1.82, 2.24) is 19.6 Å². The number of fused-ring (bicyclic) bond motifs is 2. The molecule has 2 atom stereocenters. The number of ether oxygens (including phenoxy) is 2. The quantitative estimate of drug-likeness (QED) is 0.494. The van der Waals surface area contributed by atoms with Crippen LogP contribution in [0, 0.1) is 0 Å². The lowest BCUT2D eigenvalue weighted by atomic mass is 10.1. The predicted molar refractivity (Wildman–Crippen MR) is 148 cm³/mol. The summed E-state index contributed by atoms with van der Waals surface area (Å²) in [6, 6.07) is 10.9. The van der Waals surface area contributed by atoms with Crippen molar-refractivity contribution in [3.05, 3.63) is 70.8 Å². The zero-order chi connectivity index (χ0) is 30.0. The third-order valence-electron chi connectivity index (χ3n) is 7.79. The summed E-state index contributed by atoms with van der Waals surface area (Å²) in [7, 11) is 0. The van der Waals surface area contributed by atoms with Gasteiger partial charge < -0.3 is 19.3 Å². The Bertz CT molecular complexity index is 1250. The molecule has 2 unspecified atom stereocenters. The van der Waals surface area contributed by atoms with Crippen molar-refractivity contribution in [3.8, 4) is 0 Å². The van der Waals surface area contributed by atoms with Crippen molar-refractivity contribution in [3.63, 3.8) is 0 Å². The molecule has 0 bridgehead atoms. The van der Waals surface area contributed by atoms with E-state index in [0.29, 0.717) is 0 Å². The van der Waals surface area contributed by atoms with Crippen LogP contribution in [-0.4, -0.2) is 120 Å². The van der Waals surface area contributed by atoms with E-state index in [4.69, 9.17) is 9.47 Å². The van der Waals surface area contributed by atoms with Gasteiger partial charge in [0, 0.05) is 26.2 Å². The van der Waals surface area contributed by atoms with Crippen LogP contribution in [0.1, 0.15) is 55.3 Å². The van der Waals surface area contributed by atoms with Crippen LogP contribution in [0.2, 0.25) is 0 Å². The minimum atomic E-state index is -1.01. The Kier molecular flexibility index (Phi) is 8.46. The Labute approximate surface area is 242 Å². The molecule has 1 saturated heterocycles. The molecule has 12 heteroatoms. The molecule has 220 valence electrons. The Hall–Kier alpha value is -4.42. The highest BCUT2D eigenvalue weighted by atomic mass is 16.5. The maximum absolute atomic E-state index is 13.4. The van der Waals surface area contributed by atoms with Crippen molar-refractivity contribution in [1.29, 1.82) is 0 Å². The summed E-state index contributed by atoms with van der Waals surface area (Å²) < 4.78 is 11.5. The molecular weight excluding hydrogens is 544 g/mol. The number of hydrogen-bond acceptors (Lipinski definition) is 8. The smallest absolute Gasteiger partial charge is 0.262 e. The topological polar surface area (TPSA) is 134 Å². The average Bonchev–Trinajstić information content (AvgIpc) is 3.40. The van der Waals surface area contributed by atoms with Crippen molar-refractivity contribution in [2.24, 2.45) is 0 Å². The average molecular weight is 577 g/mol. The molecule has 5 rings (SSSR count). The summed E-state index contributed by atoms with van der Waals surface area (Å²) in [5.41, 5.74) is 1.11. The molecule has 3 aliphatic rings. The summed E-state index contributed by atoms with van der Waals surface area (Å²) >= 11 is 0. The van der Waals surface area contributed by atoms with E-state index in [9.17, 15) is 28.8 Å². The van der Waals surface area contributed by atoms with Gasteiger partial charge in [0.2, 0.25) is 11.8 Å². The maximum Gasteiger partial charge on any atom is 0.262 e. The third kappa shape index (κ3) is 5.30. The molecule has 6 amide bonds. The molecule has 0 radical (unpaired) electrons. The van der Waals surface area contributed by atoms with Crippen LogP contribution in [0.3, 0.4) is 0 Å². The SMILES string of the molecule is CC(C(=O)N1CCOCCN(C(=O)C(C)N2C(=O)c3ccccc3C2=O)CCOCC1)N1C(=O)c2ccccc2C1=O. The van der Waals surface area contributed by atoms with E-state index in [-0.39, 0.29) is 74.9 Å². The largest absolute Gasteiger partial charge is 0.378 e. The summed E-state index contributed by atoms with van der Waals surface area (Å²) in [5.74, 6) is -2.81. The Morgan fingerprint density at radius 1 is 0.548 bits per heavy atom. The van der Waals surface area contributed by atoms with Gasteiger partial charge in [-0.3, -0.25) is 38.6 Å². The van der Waals surface area contributed by atoms with Crippen LogP contribution in [0.5, 0.6) is 0 Å². The molecule has 12 nitrogen and oxygen atoms in total. The van der Waals surface area contributed by atoms with E-state index in [0.717, 1.165) is 9.80 Å². The first-order valence-electron chi connectivity index (χ1n) is 13.9. The van der Waals surface area contributed by atoms with E-state index < -0.39 is 47.5 Å². The second kappa shape index (κ2) is 12.2. The van der Waals surface area contributed by atoms with Crippen molar-refractivity contribution >= 4 is 35.4 Å². The van der Waals surface area contributed by atoms with Gasteiger partial charge in [0.25, 0.3) is 23.6 Å².